The van der Waals surface area contributed by atoms with Gasteiger partial charge in [0.25, 0.3) is 5.91 Å². The molecule has 0 fully saturated rings. The number of aryl methyl sites for hydroxylation is 1. The van der Waals surface area contributed by atoms with Crippen molar-refractivity contribution in [2.45, 2.75) is 13.3 Å². The van der Waals surface area contributed by atoms with E-state index < -0.39 is 11.9 Å². The number of hydrogen-bond donors (Lipinski definition) is 3. The molecule has 0 aromatic heterocycles. The number of amides is 3. The molecule has 0 bridgehead atoms. The number of anilines is 2. The topological polar surface area (TPSA) is 84.2 Å². The Morgan fingerprint density at radius 1 is 1.00 bits per heavy atom. The highest BCUT2D eigenvalue weighted by Crippen LogP contribution is 2.15. The quantitative estimate of drug-likeness (QED) is 0.805. The van der Waals surface area contributed by atoms with Crippen LogP contribution in [0.3, 0.4) is 0 Å². The van der Waals surface area contributed by atoms with E-state index in [1.54, 1.807) is 24.3 Å². The summed E-state index contributed by atoms with van der Waals surface area (Å²) in [6, 6.07) is 13.7. The maximum Gasteiger partial charge on any atom is 0.323 e. The summed E-state index contributed by atoms with van der Waals surface area (Å²) in [5, 5.41) is 5.32. The van der Waals surface area contributed by atoms with E-state index >= 15 is 0 Å². The van der Waals surface area contributed by atoms with Gasteiger partial charge in [0.05, 0.1) is 11.3 Å². The summed E-state index contributed by atoms with van der Waals surface area (Å²) in [7, 11) is 0. The molecule has 0 saturated heterocycles. The number of carbonyl (C=O) groups excluding carboxylic acids is 2. The van der Waals surface area contributed by atoms with Crippen LogP contribution in [-0.2, 0) is 6.42 Å². The van der Waals surface area contributed by atoms with Crippen LogP contribution in [-0.4, -0.2) is 11.9 Å². The second-order valence-electron chi connectivity index (χ2n) is 4.54. The Morgan fingerprint density at radius 2 is 1.67 bits per heavy atom. The Kier molecular flexibility index (Phi) is 4.56. The monoisotopic (exact) mass is 283 g/mol. The number of nitrogens with one attached hydrogen (secondary N) is 2. The van der Waals surface area contributed by atoms with Crippen molar-refractivity contribution in [3.8, 4) is 0 Å². The maximum atomic E-state index is 11.9. The molecule has 108 valence electrons. The van der Waals surface area contributed by atoms with Crippen molar-refractivity contribution < 1.29 is 9.59 Å². The molecule has 0 aliphatic rings. The molecule has 0 radical (unpaired) electrons. The second-order valence-corrected chi connectivity index (χ2v) is 4.54. The summed E-state index contributed by atoms with van der Waals surface area (Å²) in [4.78, 5) is 23.2. The van der Waals surface area contributed by atoms with Gasteiger partial charge in [-0.2, -0.15) is 0 Å². The highest BCUT2D eigenvalue weighted by atomic mass is 16.2. The summed E-state index contributed by atoms with van der Waals surface area (Å²) in [5.41, 5.74) is 7.79. The van der Waals surface area contributed by atoms with E-state index in [0.29, 0.717) is 11.4 Å². The molecule has 0 spiro atoms. The summed E-state index contributed by atoms with van der Waals surface area (Å²) in [6.45, 7) is 2.07. The third kappa shape index (κ3) is 3.82. The lowest BCUT2D eigenvalue weighted by molar-refractivity contribution is 0.100. The molecule has 4 N–H and O–H groups in total. The molecule has 0 atom stereocenters. The van der Waals surface area contributed by atoms with Gasteiger partial charge in [0.15, 0.2) is 0 Å². The predicted octanol–water partition coefficient (Wildman–Crippen LogP) is 2.99. The zero-order valence-corrected chi connectivity index (χ0v) is 11.7. The zero-order valence-electron chi connectivity index (χ0n) is 11.7. The number of urea groups is 1. The fourth-order valence-electron chi connectivity index (χ4n) is 1.92. The van der Waals surface area contributed by atoms with Gasteiger partial charge in [-0.3, -0.25) is 4.79 Å². The van der Waals surface area contributed by atoms with E-state index in [2.05, 4.69) is 17.6 Å². The Morgan fingerprint density at radius 3 is 2.29 bits per heavy atom. The molecule has 2 aromatic rings. The number of nitrogens with two attached hydrogens (primary N) is 1. The summed E-state index contributed by atoms with van der Waals surface area (Å²) >= 11 is 0. The largest absolute Gasteiger partial charge is 0.366 e. The molecule has 21 heavy (non-hydrogen) atoms. The van der Waals surface area contributed by atoms with Crippen LogP contribution in [0.2, 0.25) is 0 Å². The van der Waals surface area contributed by atoms with Crippen LogP contribution in [0, 0.1) is 0 Å². The van der Waals surface area contributed by atoms with Crippen molar-refractivity contribution in [3.05, 3.63) is 59.7 Å². The number of carbonyl (C=O) groups is 2. The van der Waals surface area contributed by atoms with Crippen molar-refractivity contribution in [3.63, 3.8) is 0 Å². The minimum atomic E-state index is -0.585. The van der Waals surface area contributed by atoms with Gasteiger partial charge in [0.2, 0.25) is 0 Å². The first-order valence-electron chi connectivity index (χ1n) is 6.66. The first-order chi connectivity index (χ1) is 10.1. The van der Waals surface area contributed by atoms with E-state index in [1.165, 1.54) is 5.56 Å². The van der Waals surface area contributed by atoms with E-state index in [-0.39, 0.29) is 5.56 Å². The number of rotatable bonds is 4. The normalized spacial score (nSPS) is 9.95. The third-order valence-corrected chi connectivity index (χ3v) is 3.06. The molecule has 0 heterocycles. The Balaban J connectivity index is 2.06. The lowest BCUT2D eigenvalue weighted by Gasteiger charge is -2.10. The van der Waals surface area contributed by atoms with Gasteiger partial charge in [0.1, 0.15) is 0 Å². The van der Waals surface area contributed by atoms with Crippen molar-refractivity contribution in [1.82, 2.24) is 0 Å². The van der Waals surface area contributed by atoms with Gasteiger partial charge in [0, 0.05) is 5.69 Å². The molecule has 5 nitrogen and oxygen atoms in total. The van der Waals surface area contributed by atoms with Gasteiger partial charge in [-0.1, -0.05) is 31.2 Å². The summed E-state index contributed by atoms with van der Waals surface area (Å²) in [5.74, 6) is -0.585. The highest BCUT2D eigenvalue weighted by Gasteiger charge is 2.10. The SMILES string of the molecule is CCc1ccc(NC(=O)Nc2ccccc2C(N)=O)cc1. The molecule has 0 saturated carbocycles. The molecule has 2 rings (SSSR count). The lowest BCUT2D eigenvalue weighted by Crippen LogP contribution is -2.22. The van der Waals surface area contributed by atoms with E-state index in [9.17, 15) is 9.59 Å². The highest BCUT2D eigenvalue weighted by molar-refractivity contribution is 6.06. The minimum absolute atomic E-state index is 0.272. The Hall–Kier alpha value is -2.82. The first kappa shape index (κ1) is 14.6. The Bertz CT molecular complexity index is 651. The third-order valence-electron chi connectivity index (χ3n) is 3.06. The maximum absolute atomic E-state index is 11.9. The number of primary amides is 1. The average Bonchev–Trinajstić information content (AvgIpc) is 2.48. The molecular formula is C16H17N3O2. The molecule has 0 aliphatic heterocycles. The van der Waals surface area contributed by atoms with Crippen molar-refractivity contribution in [2.24, 2.45) is 5.73 Å². The lowest BCUT2D eigenvalue weighted by atomic mass is 10.1. The van der Waals surface area contributed by atoms with E-state index in [0.717, 1.165) is 6.42 Å². The summed E-state index contributed by atoms with van der Waals surface area (Å²) in [6.07, 6.45) is 0.943. The van der Waals surface area contributed by atoms with Gasteiger partial charge in [-0.05, 0) is 36.2 Å². The standard InChI is InChI=1S/C16H17N3O2/c1-2-11-7-9-12(10-8-11)18-16(21)19-14-6-4-3-5-13(14)15(17)20/h3-10H,2H2,1H3,(H2,17,20)(H2,18,19,21). The zero-order chi connectivity index (χ0) is 15.2. The van der Waals surface area contributed by atoms with Crippen LogP contribution in [0.15, 0.2) is 48.5 Å². The van der Waals surface area contributed by atoms with Gasteiger partial charge in [-0.25, -0.2) is 4.79 Å². The van der Waals surface area contributed by atoms with Crippen LogP contribution >= 0.6 is 0 Å². The first-order valence-corrected chi connectivity index (χ1v) is 6.66. The second kappa shape index (κ2) is 6.56. The smallest absolute Gasteiger partial charge is 0.323 e. The van der Waals surface area contributed by atoms with Gasteiger partial charge >= 0.3 is 6.03 Å². The van der Waals surface area contributed by atoms with Crippen molar-refractivity contribution in [2.75, 3.05) is 10.6 Å². The van der Waals surface area contributed by atoms with Crippen LogP contribution < -0.4 is 16.4 Å². The van der Waals surface area contributed by atoms with E-state index in [1.807, 2.05) is 24.3 Å². The summed E-state index contributed by atoms with van der Waals surface area (Å²) < 4.78 is 0. The van der Waals surface area contributed by atoms with Crippen LogP contribution in [0.25, 0.3) is 0 Å². The molecule has 3 amide bonds. The molecule has 0 aliphatic carbocycles. The van der Waals surface area contributed by atoms with Crippen LogP contribution in [0.4, 0.5) is 16.2 Å². The number of para-hydroxylation sites is 1. The molecular weight excluding hydrogens is 266 g/mol. The number of hydrogen-bond acceptors (Lipinski definition) is 2. The molecule has 0 unspecified atom stereocenters. The fraction of sp³-hybridized carbons (Fsp3) is 0.125. The van der Waals surface area contributed by atoms with Gasteiger partial charge in [-0.15, -0.1) is 0 Å². The minimum Gasteiger partial charge on any atom is -0.366 e. The molecule has 5 heteroatoms. The van der Waals surface area contributed by atoms with Crippen LogP contribution in [0.1, 0.15) is 22.8 Å². The van der Waals surface area contributed by atoms with Crippen LogP contribution in [0.5, 0.6) is 0 Å². The fourth-order valence-corrected chi connectivity index (χ4v) is 1.92. The van der Waals surface area contributed by atoms with Crippen molar-refractivity contribution >= 4 is 23.3 Å². The molecule has 2 aromatic carbocycles. The number of benzene rings is 2. The Labute approximate surface area is 123 Å². The predicted molar refractivity (Wildman–Crippen MR) is 83.4 cm³/mol. The van der Waals surface area contributed by atoms with E-state index in [4.69, 9.17) is 5.73 Å². The van der Waals surface area contributed by atoms with Gasteiger partial charge < -0.3 is 16.4 Å². The average molecular weight is 283 g/mol. The van der Waals surface area contributed by atoms with Crippen molar-refractivity contribution in [1.29, 1.82) is 0 Å².